The number of pyridine rings is 1. The number of carbonyl (C=O) groups excluding carboxylic acids is 1. The largest absolute Gasteiger partial charge is 0.497 e. The maximum atomic E-state index is 12.9. The molecule has 0 spiro atoms. The van der Waals surface area contributed by atoms with Gasteiger partial charge in [0.15, 0.2) is 0 Å². The van der Waals surface area contributed by atoms with E-state index < -0.39 is 6.04 Å². The number of rotatable bonds is 6. The van der Waals surface area contributed by atoms with Crippen molar-refractivity contribution < 1.29 is 14.3 Å². The molecule has 1 N–H and O–H groups in total. The Labute approximate surface area is 159 Å². The quantitative estimate of drug-likeness (QED) is 0.623. The van der Waals surface area contributed by atoms with Crippen molar-refractivity contribution in [1.82, 2.24) is 15.3 Å². The second kappa shape index (κ2) is 9.25. The molecule has 0 unspecified atom stereocenters. The highest BCUT2D eigenvalue weighted by molar-refractivity contribution is 5.99. The lowest BCUT2D eigenvalue weighted by Crippen LogP contribution is -2.45. The fourth-order valence-electron chi connectivity index (χ4n) is 3.01. The van der Waals surface area contributed by atoms with E-state index in [4.69, 9.17) is 9.47 Å². The fraction of sp³-hybridized carbons (Fsp3) is 0.350. The van der Waals surface area contributed by atoms with Crippen molar-refractivity contribution in [3.05, 3.63) is 59.9 Å². The fourth-order valence-corrected chi connectivity index (χ4v) is 3.01. The van der Waals surface area contributed by atoms with Crippen LogP contribution in [0.15, 0.2) is 53.9 Å². The smallest absolute Gasteiger partial charge is 0.262 e. The van der Waals surface area contributed by atoms with Crippen LogP contribution in [-0.2, 0) is 9.53 Å². The van der Waals surface area contributed by atoms with Gasteiger partial charge in [-0.3, -0.25) is 14.7 Å². The van der Waals surface area contributed by atoms with Crippen LogP contribution in [0.25, 0.3) is 0 Å². The van der Waals surface area contributed by atoms with Gasteiger partial charge in [-0.2, -0.15) is 5.10 Å². The number of hydrogen-bond acceptors (Lipinski definition) is 6. The number of nitrogens with zero attached hydrogens (tertiary/aromatic N) is 3. The van der Waals surface area contributed by atoms with Crippen LogP contribution >= 0.6 is 0 Å². The van der Waals surface area contributed by atoms with Gasteiger partial charge in [-0.05, 0) is 54.4 Å². The number of hydrogen-bond donors (Lipinski definition) is 1. The first-order valence-corrected chi connectivity index (χ1v) is 8.89. The number of nitrogens with one attached hydrogen (secondary N) is 1. The van der Waals surface area contributed by atoms with Crippen LogP contribution < -0.4 is 10.2 Å². The van der Waals surface area contributed by atoms with E-state index in [2.05, 4.69) is 20.4 Å². The van der Waals surface area contributed by atoms with E-state index in [9.17, 15) is 4.79 Å². The van der Waals surface area contributed by atoms with E-state index >= 15 is 0 Å². The predicted octanol–water partition coefficient (Wildman–Crippen LogP) is 2.00. The van der Waals surface area contributed by atoms with E-state index in [0.717, 1.165) is 22.6 Å². The topological polar surface area (TPSA) is 76.0 Å². The zero-order valence-electron chi connectivity index (χ0n) is 15.6. The average molecular weight is 368 g/mol. The standard InChI is InChI=1S/C20H24N4O3/c1-15(16-3-5-18(26-2)6-4-16)22-23-20(25)19(17-7-9-21-10-8-17)24-11-13-27-14-12-24/h3-10,19H,11-14H2,1-2H3,(H,23,25)/b22-15+/t19-/m0/s1. The molecule has 7 nitrogen and oxygen atoms in total. The van der Waals surface area contributed by atoms with E-state index in [1.54, 1.807) is 19.5 Å². The van der Waals surface area contributed by atoms with Gasteiger partial charge >= 0.3 is 0 Å². The Balaban J connectivity index is 1.75. The molecule has 1 saturated heterocycles. The summed E-state index contributed by atoms with van der Waals surface area (Å²) in [5.41, 5.74) is 5.25. The summed E-state index contributed by atoms with van der Waals surface area (Å²) in [5, 5.41) is 4.29. The van der Waals surface area contributed by atoms with Gasteiger partial charge in [0, 0.05) is 25.5 Å². The molecule has 7 heteroatoms. The third-order valence-corrected chi connectivity index (χ3v) is 4.52. The summed E-state index contributed by atoms with van der Waals surface area (Å²) >= 11 is 0. The van der Waals surface area contributed by atoms with E-state index in [1.165, 1.54) is 0 Å². The van der Waals surface area contributed by atoms with Gasteiger partial charge in [0.1, 0.15) is 11.8 Å². The van der Waals surface area contributed by atoms with Crippen molar-refractivity contribution in [3.8, 4) is 5.75 Å². The van der Waals surface area contributed by atoms with Gasteiger partial charge in [0.2, 0.25) is 0 Å². The second-order valence-electron chi connectivity index (χ2n) is 6.23. The zero-order chi connectivity index (χ0) is 19.1. The minimum absolute atomic E-state index is 0.170. The summed E-state index contributed by atoms with van der Waals surface area (Å²) in [6.07, 6.45) is 3.39. The highest BCUT2D eigenvalue weighted by Crippen LogP contribution is 2.21. The molecular formula is C20H24N4O3. The van der Waals surface area contributed by atoms with Crippen LogP contribution in [0.4, 0.5) is 0 Å². The van der Waals surface area contributed by atoms with Gasteiger partial charge in [0.25, 0.3) is 5.91 Å². The van der Waals surface area contributed by atoms with Crippen molar-refractivity contribution in [2.24, 2.45) is 5.10 Å². The summed E-state index contributed by atoms with van der Waals surface area (Å²) in [5.74, 6) is 0.608. The Morgan fingerprint density at radius 3 is 2.48 bits per heavy atom. The SMILES string of the molecule is COc1ccc(/C(C)=N/NC(=O)[C@H](c2ccncc2)N2CCOCC2)cc1. The number of methoxy groups -OCH3 is 1. The molecule has 0 radical (unpaired) electrons. The van der Waals surface area contributed by atoms with Crippen molar-refractivity contribution in [2.45, 2.75) is 13.0 Å². The van der Waals surface area contributed by atoms with Crippen molar-refractivity contribution in [3.63, 3.8) is 0 Å². The molecule has 0 bridgehead atoms. The van der Waals surface area contributed by atoms with Crippen LogP contribution in [0.5, 0.6) is 5.75 Å². The van der Waals surface area contributed by atoms with E-state index in [0.29, 0.717) is 26.3 Å². The van der Waals surface area contributed by atoms with Crippen molar-refractivity contribution in [2.75, 3.05) is 33.4 Å². The number of amides is 1. The van der Waals surface area contributed by atoms with Gasteiger partial charge in [-0.1, -0.05) is 0 Å². The molecule has 2 heterocycles. The summed E-state index contributed by atoms with van der Waals surface area (Å²) in [4.78, 5) is 19.1. The minimum atomic E-state index is -0.427. The maximum absolute atomic E-state index is 12.9. The summed E-state index contributed by atoms with van der Waals surface area (Å²) in [6.45, 7) is 4.48. The molecule has 1 aliphatic heterocycles. The Kier molecular flexibility index (Phi) is 6.51. The Morgan fingerprint density at radius 1 is 1.19 bits per heavy atom. The van der Waals surface area contributed by atoms with Crippen molar-refractivity contribution in [1.29, 1.82) is 0 Å². The second-order valence-corrected chi connectivity index (χ2v) is 6.23. The lowest BCUT2D eigenvalue weighted by Gasteiger charge is -2.33. The summed E-state index contributed by atoms with van der Waals surface area (Å²) < 4.78 is 10.6. The highest BCUT2D eigenvalue weighted by atomic mass is 16.5. The monoisotopic (exact) mass is 368 g/mol. The molecule has 142 valence electrons. The third-order valence-electron chi connectivity index (χ3n) is 4.52. The van der Waals surface area contributed by atoms with Gasteiger partial charge in [-0.15, -0.1) is 0 Å². The first kappa shape index (κ1) is 19.0. The predicted molar refractivity (Wildman–Crippen MR) is 103 cm³/mol. The number of ether oxygens (including phenoxy) is 2. The van der Waals surface area contributed by atoms with Crippen LogP contribution in [-0.4, -0.2) is 54.9 Å². The number of morpholine rings is 1. The van der Waals surface area contributed by atoms with Crippen LogP contribution in [0.2, 0.25) is 0 Å². The summed E-state index contributed by atoms with van der Waals surface area (Å²) in [6, 6.07) is 10.8. The van der Waals surface area contributed by atoms with Crippen molar-refractivity contribution >= 4 is 11.6 Å². The molecule has 1 aromatic carbocycles. The average Bonchev–Trinajstić information content (AvgIpc) is 2.74. The lowest BCUT2D eigenvalue weighted by molar-refractivity contribution is -0.128. The van der Waals surface area contributed by atoms with E-state index in [-0.39, 0.29) is 5.91 Å². The molecule has 1 fully saturated rings. The van der Waals surface area contributed by atoms with E-state index in [1.807, 2.05) is 43.3 Å². The Hall–Kier alpha value is -2.77. The molecule has 0 saturated carbocycles. The maximum Gasteiger partial charge on any atom is 0.262 e. The number of benzene rings is 1. The Bertz CT molecular complexity index is 772. The van der Waals surface area contributed by atoms with Crippen LogP contribution in [0.1, 0.15) is 24.1 Å². The first-order valence-electron chi connectivity index (χ1n) is 8.89. The molecule has 1 amide bonds. The molecule has 1 atom stereocenters. The minimum Gasteiger partial charge on any atom is -0.497 e. The third kappa shape index (κ3) is 4.90. The number of carbonyl (C=O) groups is 1. The van der Waals surface area contributed by atoms with Crippen LogP contribution in [0.3, 0.4) is 0 Å². The zero-order valence-corrected chi connectivity index (χ0v) is 15.6. The normalized spacial score (nSPS) is 16.6. The Morgan fingerprint density at radius 2 is 1.85 bits per heavy atom. The molecule has 1 aliphatic rings. The first-order chi connectivity index (χ1) is 13.2. The molecule has 27 heavy (non-hydrogen) atoms. The lowest BCUT2D eigenvalue weighted by atomic mass is 10.1. The van der Waals surface area contributed by atoms with Gasteiger partial charge < -0.3 is 9.47 Å². The highest BCUT2D eigenvalue weighted by Gasteiger charge is 2.29. The number of hydrazone groups is 1. The summed E-state index contributed by atoms with van der Waals surface area (Å²) in [7, 11) is 1.63. The molecule has 2 aromatic rings. The molecular weight excluding hydrogens is 344 g/mol. The van der Waals surface area contributed by atoms with Crippen LogP contribution in [0, 0.1) is 0 Å². The molecule has 0 aliphatic carbocycles. The number of aromatic nitrogens is 1. The van der Waals surface area contributed by atoms with Gasteiger partial charge in [0.05, 0.1) is 26.0 Å². The van der Waals surface area contributed by atoms with Gasteiger partial charge in [-0.25, -0.2) is 5.43 Å². The molecule has 1 aromatic heterocycles. The molecule has 3 rings (SSSR count).